The van der Waals surface area contributed by atoms with Crippen LogP contribution in [0, 0.1) is 0 Å². The van der Waals surface area contributed by atoms with E-state index in [0.29, 0.717) is 29.7 Å². The number of benzene rings is 1. The third-order valence-electron chi connectivity index (χ3n) is 3.13. The summed E-state index contributed by atoms with van der Waals surface area (Å²) in [6, 6.07) is 5.46. The number of hydrogen-bond donors (Lipinski definition) is 2. The number of rotatable bonds is 6. The molecule has 4 nitrogen and oxygen atoms in total. The molecule has 0 radical (unpaired) electrons. The van der Waals surface area contributed by atoms with Crippen molar-refractivity contribution in [1.29, 1.82) is 0 Å². The van der Waals surface area contributed by atoms with E-state index in [1.54, 1.807) is 18.2 Å². The Morgan fingerprint density at radius 2 is 2.17 bits per heavy atom. The molecule has 18 heavy (non-hydrogen) atoms. The molecule has 0 bridgehead atoms. The number of aliphatic carboxylic acids is 1. The summed E-state index contributed by atoms with van der Waals surface area (Å²) in [4.78, 5) is 12.7. The number of carboxylic acid groups (broad SMARTS) is 1. The lowest BCUT2D eigenvalue weighted by Crippen LogP contribution is -2.28. The normalized spacial score (nSPS) is 15.0. The summed E-state index contributed by atoms with van der Waals surface area (Å²) >= 11 is 6.06. The van der Waals surface area contributed by atoms with E-state index in [0.717, 1.165) is 12.8 Å². The molecule has 1 aliphatic rings. The molecule has 98 valence electrons. The highest BCUT2D eigenvalue weighted by molar-refractivity contribution is 6.31. The smallest absolute Gasteiger partial charge is 0.304 e. The van der Waals surface area contributed by atoms with E-state index in [2.05, 4.69) is 4.90 Å². The van der Waals surface area contributed by atoms with Crippen LogP contribution in [-0.2, 0) is 11.3 Å². The zero-order chi connectivity index (χ0) is 13.1. The van der Waals surface area contributed by atoms with Crippen LogP contribution in [0.4, 0.5) is 0 Å². The molecule has 1 fully saturated rings. The van der Waals surface area contributed by atoms with Crippen molar-refractivity contribution in [3.63, 3.8) is 0 Å². The highest BCUT2D eigenvalue weighted by Gasteiger charge is 2.30. The van der Waals surface area contributed by atoms with E-state index in [1.807, 2.05) is 0 Å². The molecule has 2 N–H and O–H groups in total. The number of phenolic OH excluding ortho intramolecular Hbond substituents is 1. The Labute approximate surface area is 111 Å². The number of hydrogen-bond acceptors (Lipinski definition) is 3. The van der Waals surface area contributed by atoms with Crippen molar-refractivity contribution in [3.8, 4) is 5.75 Å². The van der Waals surface area contributed by atoms with Crippen molar-refractivity contribution in [2.45, 2.75) is 31.8 Å². The Morgan fingerprint density at radius 1 is 1.44 bits per heavy atom. The van der Waals surface area contributed by atoms with Gasteiger partial charge in [-0.3, -0.25) is 9.69 Å². The highest BCUT2D eigenvalue weighted by Crippen LogP contribution is 2.32. The second-order valence-electron chi connectivity index (χ2n) is 4.58. The van der Waals surface area contributed by atoms with E-state index >= 15 is 0 Å². The van der Waals surface area contributed by atoms with Gasteiger partial charge in [-0.15, -0.1) is 0 Å². The zero-order valence-corrected chi connectivity index (χ0v) is 10.7. The minimum atomic E-state index is -0.802. The van der Waals surface area contributed by atoms with Gasteiger partial charge in [-0.05, 0) is 25.0 Å². The van der Waals surface area contributed by atoms with Crippen molar-refractivity contribution in [3.05, 3.63) is 28.8 Å². The Balaban J connectivity index is 2.06. The first-order valence-corrected chi connectivity index (χ1v) is 6.38. The van der Waals surface area contributed by atoms with Gasteiger partial charge in [-0.25, -0.2) is 0 Å². The minimum Gasteiger partial charge on any atom is -0.508 e. The molecular weight excluding hydrogens is 254 g/mol. The van der Waals surface area contributed by atoms with Crippen LogP contribution in [0.5, 0.6) is 5.75 Å². The summed E-state index contributed by atoms with van der Waals surface area (Å²) in [5, 5.41) is 19.1. The molecule has 1 aromatic rings. The van der Waals surface area contributed by atoms with Gasteiger partial charge in [0.15, 0.2) is 0 Å². The number of nitrogens with zero attached hydrogens (tertiary/aromatic N) is 1. The lowest BCUT2D eigenvalue weighted by molar-refractivity contribution is -0.137. The van der Waals surface area contributed by atoms with E-state index in [1.165, 1.54) is 0 Å². The number of carbonyl (C=O) groups is 1. The Hall–Kier alpha value is -1.26. The van der Waals surface area contributed by atoms with Crippen LogP contribution in [-0.4, -0.2) is 33.7 Å². The van der Waals surface area contributed by atoms with Gasteiger partial charge in [0.2, 0.25) is 0 Å². The van der Waals surface area contributed by atoms with E-state index in [-0.39, 0.29) is 12.2 Å². The van der Waals surface area contributed by atoms with Crippen molar-refractivity contribution >= 4 is 17.6 Å². The maximum Gasteiger partial charge on any atom is 0.304 e. The van der Waals surface area contributed by atoms with Gasteiger partial charge in [-0.2, -0.15) is 0 Å². The Morgan fingerprint density at radius 3 is 2.72 bits per heavy atom. The van der Waals surface area contributed by atoms with E-state index < -0.39 is 5.97 Å². The molecule has 5 heteroatoms. The lowest BCUT2D eigenvalue weighted by atomic mass is 10.1. The molecule has 1 saturated carbocycles. The van der Waals surface area contributed by atoms with Crippen LogP contribution >= 0.6 is 11.6 Å². The van der Waals surface area contributed by atoms with Gasteiger partial charge >= 0.3 is 5.97 Å². The first-order valence-electron chi connectivity index (χ1n) is 6.00. The second-order valence-corrected chi connectivity index (χ2v) is 4.99. The maximum atomic E-state index is 10.6. The molecule has 0 saturated heterocycles. The molecule has 0 spiro atoms. The molecule has 0 amide bonds. The SMILES string of the molecule is O=C(O)CCN(Cc1c(O)cccc1Cl)C1CC1. The van der Waals surface area contributed by atoms with Crippen molar-refractivity contribution in [1.82, 2.24) is 4.90 Å². The molecule has 0 heterocycles. The minimum absolute atomic E-state index is 0.113. The quantitative estimate of drug-likeness (QED) is 0.833. The fraction of sp³-hybridized carbons (Fsp3) is 0.462. The third kappa shape index (κ3) is 3.37. The van der Waals surface area contributed by atoms with Gasteiger partial charge < -0.3 is 10.2 Å². The van der Waals surface area contributed by atoms with Crippen molar-refractivity contribution < 1.29 is 15.0 Å². The number of phenols is 1. The van der Waals surface area contributed by atoms with Gasteiger partial charge in [0.05, 0.1) is 6.42 Å². The molecule has 2 rings (SSSR count). The summed E-state index contributed by atoms with van der Waals surface area (Å²) in [7, 11) is 0. The van der Waals surface area contributed by atoms with Crippen LogP contribution in [0.25, 0.3) is 0 Å². The summed E-state index contributed by atoms with van der Waals surface area (Å²) in [5.41, 5.74) is 0.677. The van der Waals surface area contributed by atoms with Gasteiger partial charge in [0.25, 0.3) is 0 Å². The third-order valence-corrected chi connectivity index (χ3v) is 3.49. The Kier molecular flexibility index (Phi) is 4.09. The molecule has 0 unspecified atom stereocenters. The molecule has 1 aromatic carbocycles. The number of aromatic hydroxyl groups is 1. The average molecular weight is 270 g/mol. The molecule has 0 atom stereocenters. The van der Waals surface area contributed by atoms with E-state index in [4.69, 9.17) is 16.7 Å². The first kappa shape index (κ1) is 13.2. The van der Waals surface area contributed by atoms with Crippen LogP contribution in [0.3, 0.4) is 0 Å². The number of carboxylic acids is 1. The van der Waals surface area contributed by atoms with Crippen LogP contribution < -0.4 is 0 Å². The van der Waals surface area contributed by atoms with Gasteiger partial charge in [-0.1, -0.05) is 17.7 Å². The van der Waals surface area contributed by atoms with Crippen molar-refractivity contribution in [2.75, 3.05) is 6.54 Å². The zero-order valence-electron chi connectivity index (χ0n) is 9.97. The predicted octanol–water partition coefficient (Wildman–Crippen LogP) is 2.48. The summed E-state index contributed by atoms with van der Waals surface area (Å²) in [6.07, 6.45) is 2.29. The van der Waals surface area contributed by atoms with Crippen LogP contribution in [0.15, 0.2) is 18.2 Å². The molecular formula is C13H16ClNO3. The number of halogens is 1. The fourth-order valence-electron chi connectivity index (χ4n) is 1.98. The highest BCUT2D eigenvalue weighted by atomic mass is 35.5. The lowest BCUT2D eigenvalue weighted by Gasteiger charge is -2.22. The average Bonchev–Trinajstić information content (AvgIpc) is 3.11. The summed E-state index contributed by atoms with van der Waals surface area (Å²) in [5.74, 6) is -0.632. The topological polar surface area (TPSA) is 60.8 Å². The van der Waals surface area contributed by atoms with E-state index in [9.17, 15) is 9.90 Å². The van der Waals surface area contributed by atoms with Crippen molar-refractivity contribution in [2.24, 2.45) is 0 Å². The van der Waals surface area contributed by atoms with Gasteiger partial charge in [0.1, 0.15) is 5.75 Å². The van der Waals surface area contributed by atoms with Gasteiger partial charge in [0, 0.05) is 29.7 Å². The largest absolute Gasteiger partial charge is 0.508 e. The molecule has 0 aromatic heterocycles. The monoisotopic (exact) mass is 269 g/mol. The first-order chi connectivity index (χ1) is 8.58. The Bertz CT molecular complexity index is 426. The summed E-state index contributed by atoms with van der Waals surface area (Å²) in [6.45, 7) is 0.994. The molecule has 1 aliphatic carbocycles. The predicted molar refractivity (Wildman–Crippen MR) is 68.8 cm³/mol. The summed E-state index contributed by atoms with van der Waals surface area (Å²) < 4.78 is 0. The fourth-order valence-corrected chi connectivity index (χ4v) is 2.21. The second kappa shape index (κ2) is 5.59. The van der Waals surface area contributed by atoms with Crippen LogP contribution in [0.2, 0.25) is 5.02 Å². The maximum absolute atomic E-state index is 10.6. The standard InChI is InChI=1S/C13H16ClNO3/c14-11-2-1-3-12(16)10(11)8-15(9-4-5-9)7-6-13(17)18/h1-3,9,16H,4-8H2,(H,17,18). The molecule has 0 aliphatic heterocycles. The van der Waals surface area contributed by atoms with Crippen LogP contribution in [0.1, 0.15) is 24.8 Å².